The van der Waals surface area contributed by atoms with Gasteiger partial charge in [0.05, 0.1) is 61.3 Å². The van der Waals surface area contributed by atoms with Gasteiger partial charge in [0.15, 0.2) is 0 Å². The number of likely N-dealkylation sites (tertiary alicyclic amines) is 2. The first-order valence-electron chi connectivity index (χ1n) is 30.9. The minimum absolute atomic E-state index is 0.0277. The van der Waals surface area contributed by atoms with Crippen LogP contribution in [0.15, 0.2) is 54.7 Å². The van der Waals surface area contributed by atoms with E-state index < -0.39 is 23.5 Å². The Hall–Kier alpha value is -5.43. The quantitative estimate of drug-likeness (QED) is 0.110. The Kier molecular flexibility index (Phi) is 15.1. The van der Waals surface area contributed by atoms with E-state index in [-0.39, 0.29) is 60.3 Å². The van der Waals surface area contributed by atoms with Crippen LogP contribution >= 0.6 is 0 Å². The molecule has 17 nitrogen and oxygen atoms in total. The topological polar surface area (TPSA) is 176 Å². The van der Waals surface area contributed by atoms with E-state index in [1.165, 1.54) is 12.8 Å². The van der Waals surface area contributed by atoms with E-state index in [1.54, 1.807) is 12.1 Å². The number of nitrogens with zero attached hydrogens (tertiary/aromatic N) is 7. The summed E-state index contributed by atoms with van der Waals surface area (Å²) in [5.74, 6) is 0.332. The summed E-state index contributed by atoms with van der Waals surface area (Å²) in [6.07, 6.45) is 12.2. The number of nitrogens with one attached hydrogen (secondary N) is 3. The Bertz CT molecular complexity index is 3040. The number of hydrogen-bond donors (Lipinski definition) is 3. The fourth-order valence-electron chi connectivity index (χ4n) is 15.5. The largest absolute Gasteiger partial charge is 0.464 e. The number of esters is 1. The molecule has 3 amide bonds. The van der Waals surface area contributed by atoms with E-state index in [0.29, 0.717) is 50.4 Å². The van der Waals surface area contributed by atoms with Gasteiger partial charge in [0.25, 0.3) is 5.91 Å². The van der Waals surface area contributed by atoms with E-state index >= 15 is 9.59 Å². The SMILES string of the molecule is CCn1c(-c2cc(N3CCN4CCOC[C@@H]4C3)cnc2[C@H](C)OC)c2c3cc(ccc31)-c1cccc(c1)C[C@H](NC(=O)[C@H](C1CCCC1)N1CC[C@]3(CCN(C(=O)[C@@H]4N[C@@H]4C4CC4)C3)C1)C(=O)N1CCC[C@H](N1)C(=O)OCC(C)(C)C2. The third-order valence-corrected chi connectivity index (χ3v) is 20.2. The number of cyclic esters (lactones) is 1. The number of hydrazine groups is 1. The molecule has 2 aromatic heterocycles. The molecule has 8 fully saturated rings. The molecule has 0 radical (unpaired) electrons. The zero-order valence-electron chi connectivity index (χ0n) is 48.6. The molecule has 2 saturated carbocycles. The van der Waals surface area contributed by atoms with Crippen LogP contribution in [0, 0.1) is 22.7 Å². The summed E-state index contributed by atoms with van der Waals surface area (Å²) >= 11 is 0. The lowest BCUT2D eigenvalue weighted by Gasteiger charge is -2.44. The Balaban J connectivity index is 0.837. The van der Waals surface area contributed by atoms with Crippen molar-refractivity contribution in [2.75, 3.05) is 90.7 Å². The summed E-state index contributed by atoms with van der Waals surface area (Å²) in [4.78, 5) is 73.3. The second kappa shape index (κ2) is 22.3. The van der Waals surface area contributed by atoms with Crippen LogP contribution in [0.2, 0.25) is 0 Å². The predicted molar refractivity (Wildman–Crippen MR) is 311 cm³/mol. The highest BCUT2D eigenvalue weighted by Crippen LogP contribution is 2.46. The normalized spacial score (nSPS) is 29.2. The fraction of sp³-hybridized carbons (Fsp3) is 0.641. The first-order chi connectivity index (χ1) is 39.3. The molecular formula is C64H86N10O7. The number of carbonyl (C=O) groups excluding carboxylic acids is 4. The van der Waals surface area contributed by atoms with Gasteiger partial charge in [0.2, 0.25) is 11.8 Å². The second-order valence-electron chi connectivity index (χ2n) is 26.5. The van der Waals surface area contributed by atoms with E-state index in [9.17, 15) is 9.59 Å². The van der Waals surface area contributed by atoms with Gasteiger partial charge in [-0.25, -0.2) is 5.43 Å². The van der Waals surface area contributed by atoms with Crippen LogP contribution in [0.4, 0.5) is 5.69 Å². The molecule has 9 aliphatic rings. The van der Waals surface area contributed by atoms with Crippen LogP contribution in [0.5, 0.6) is 0 Å². The van der Waals surface area contributed by atoms with Crippen molar-refractivity contribution in [1.82, 2.24) is 45.3 Å². The number of benzene rings is 2. The number of pyridine rings is 1. The highest BCUT2D eigenvalue weighted by atomic mass is 16.5. The number of aromatic nitrogens is 2. The number of fused-ring (bicyclic) bond motifs is 7. The Morgan fingerprint density at radius 1 is 0.926 bits per heavy atom. The van der Waals surface area contributed by atoms with Crippen LogP contribution in [-0.4, -0.2) is 175 Å². The number of ether oxygens (including phenoxy) is 3. The van der Waals surface area contributed by atoms with Crippen molar-refractivity contribution in [2.45, 2.75) is 154 Å². The predicted octanol–water partition coefficient (Wildman–Crippen LogP) is 6.50. The average molecular weight is 1110 g/mol. The van der Waals surface area contributed by atoms with Crippen molar-refractivity contribution in [1.29, 1.82) is 0 Å². The van der Waals surface area contributed by atoms with Crippen molar-refractivity contribution in [3.63, 3.8) is 0 Å². The fourth-order valence-corrected chi connectivity index (χ4v) is 15.5. The Morgan fingerprint density at radius 2 is 1.75 bits per heavy atom. The molecule has 434 valence electrons. The van der Waals surface area contributed by atoms with Gasteiger partial charge in [0.1, 0.15) is 18.1 Å². The number of methoxy groups -OCH3 is 1. The zero-order valence-corrected chi connectivity index (χ0v) is 48.6. The number of piperazine rings is 1. The lowest BCUT2D eigenvalue weighted by molar-refractivity contribution is -0.155. The summed E-state index contributed by atoms with van der Waals surface area (Å²) in [7, 11) is 1.74. The van der Waals surface area contributed by atoms with E-state index in [0.717, 1.165) is 160 Å². The van der Waals surface area contributed by atoms with Crippen LogP contribution in [-0.2, 0) is 52.8 Å². The number of aryl methyl sites for hydroxylation is 1. The van der Waals surface area contributed by atoms with Crippen LogP contribution in [0.1, 0.15) is 115 Å². The standard InChI is InChI=1S/C64H86N10O7/c1-6-73-53-19-18-45-31-48(53)50(58(73)49-32-46(34-65-54(49)40(2)79-5)70-26-25-69-27-28-80-36-47(69)35-70)33-63(3,4)39-81-62(78)51-15-10-22-74(68-51)60(76)52(30-41-11-9-14-44(45)29-41)66-59(75)57(43-12-7-8-13-43)71-23-20-64(37-71)21-24-72(38-64)61(77)56-55(67-56)42-16-17-42/h9,11,14,18-19,29,31-32,34,40,42-43,47,51-52,55-57,67-68H,6-8,10,12-13,15-17,20-28,30,33,35-39H2,1-5H3,(H,66,75)/t40-,47-,51-,52-,55+,56+,57-,64-/m0/s1. The minimum atomic E-state index is -0.901. The molecule has 6 saturated heterocycles. The molecule has 3 N–H and O–H groups in total. The van der Waals surface area contributed by atoms with Crippen molar-refractivity contribution < 1.29 is 33.4 Å². The van der Waals surface area contributed by atoms with Gasteiger partial charge in [-0.05, 0) is 130 Å². The maximum Gasteiger partial charge on any atom is 0.324 e. The van der Waals surface area contributed by atoms with Crippen molar-refractivity contribution in [3.05, 3.63) is 71.5 Å². The van der Waals surface area contributed by atoms with Crippen molar-refractivity contribution in [3.8, 4) is 22.4 Å². The summed E-state index contributed by atoms with van der Waals surface area (Å²) < 4.78 is 20.8. The molecular weight excluding hydrogens is 1020 g/mol. The molecule has 2 aliphatic carbocycles. The van der Waals surface area contributed by atoms with Crippen molar-refractivity contribution >= 4 is 40.3 Å². The number of anilines is 1. The van der Waals surface area contributed by atoms with Crippen LogP contribution in [0.3, 0.4) is 0 Å². The van der Waals surface area contributed by atoms with Gasteiger partial charge >= 0.3 is 5.97 Å². The van der Waals surface area contributed by atoms with Gasteiger partial charge in [-0.1, -0.05) is 57.0 Å². The smallest absolute Gasteiger partial charge is 0.324 e. The van der Waals surface area contributed by atoms with Crippen molar-refractivity contribution in [2.24, 2.45) is 22.7 Å². The molecule has 6 bridgehead atoms. The first kappa shape index (κ1) is 54.8. The summed E-state index contributed by atoms with van der Waals surface area (Å²) in [6.45, 7) is 18.2. The summed E-state index contributed by atoms with van der Waals surface area (Å²) in [6, 6.07) is 16.2. The molecule has 17 heteroatoms. The molecule has 4 aromatic rings. The van der Waals surface area contributed by atoms with Gasteiger partial charge < -0.3 is 33.9 Å². The lowest BCUT2D eigenvalue weighted by Crippen LogP contribution is -2.62. The van der Waals surface area contributed by atoms with Gasteiger partial charge in [-0.3, -0.25) is 44.3 Å². The molecule has 7 aliphatic heterocycles. The number of morpholine rings is 1. The lowest BCUT2D eigenvalue weighted by atomic mass is 9.84. The maximum atomic E-state index is 15.3. The molecule has 8 atom stereocenters. The van der Waals surface area contributed by atoms with E-state index in [2.05, 4.69) is 116 Å². The van der Waals surface area contributed by atoms with Crippen LogP contribution in [0.25, 0.3) is 33.3 Å². The molecule has 81 heavy (non-hydrogen) atoms. The van der Waals surface area contributed by atoms with E-state index in [1.807, 2.05) is 6.20 Å². The number of rotatable bonds is 11. The van der Waals surface area contributed by atoms with E-state index in [4.69, 9.17) is 19.2 Å². The second-order valence-corrected chi connectivity index (χ2v) is 26.5. The highest BCUT2D eigenvalue weighted by molar-refractivity contribution is 5.96. The monoisotopic (exact) mass is 1110 g/mol. The van der Waals surface area contributed by atoms with Crippen LogP contribution < -0.4 is 21.0 Å². The molecule has 9 heterocycles. The number of hydrogen-bond acceptors (Lipinski definition) is 13. The Morgan fingerprint density at radius 3 is 2.57 bits per heavy atom. The molecule has 13 rings (SSSR count). The van der Waals surface area contributed by atoms with Gasteiger partial charge in [0, 0.05) is 106 Å². The number of carbonyl (C=O) groups is 4. The average Bonchev–Trinajstić information content (AvgIpc) is 4.44. The maximum absolute atomic E-state index is 15.3. The number of amides is 3. The first-order valence-corrected chi connectivity index (χ1v) is 30.9. The minimum Gasteiger partial charge on any atom is -0.464 e. The molecule has 0 unspecified atom stereocenters. The Labute approximate surface area is 478 Å². The molecule has 1 spiro atoms. The van der Waals surface area contributed by atoms with Gasteiger partial charge in [-0.2, -0.15) is 0 Å². The third-order valence-electron chi connectivity index (χ3n) is 20.2. The molecule has 2 aromatic carbocycles. The summed E-state index contributed by atoms with van der Waals surface area (Å²) in [5.41, 5.74) is 12.1. The third kappa shape index (κ3) is 10.9. The summed E-state index contributed by atoms with van der Waals surface area (Å²) in [5, 5.41) is 9.58. The highest BCUT2D eigenvalue weighted by Gasteiger charge is 2.55. The van der Waals surface area contributed by atoms with Gasteiger partial charge in [-0.15, -0.1) is 0 Å². The zero-order chi connectivity index (χ0) is 55.7.